The fourth-order valence-corrected chi connectivity index (χ4v) is 3.63. The number of ketones is 1. The number of hydrogen-bond donors (Lipinski definition) is 1. The van der Waals surface area contributed by atoms with Crippen LogP contribution in [0.2, 0.25) is 10.0 Å². The molecule has 0 saturated heterocycles. The topological polar surface area (TPSA) is 63.6 Å². The van der Waals surface area contributed by atoms with E-state index in [2.05, 4.69) is 4.74 Å². The molecule has 1 aromatic rings. The molecule has 6 heteroatoms. The summed E-state index contributed by atoms with van der Waals surface area (Å²) in [7, 11) is 1.30. The summed E-state index contributed by atoms with van der Waals surface area (Å²) >= 11 is 12.2. The summed E-state index contributed by atoms with van der Waals surface area (Å²) in [5.74, 6) is -0.554. The lowest BCUT2D eigenvalue weighted by molar-refractivity contribution is -0.134. The molecule has 0 aliphatic heterocycles. The second-order valence-electron chi connectivity index (χ2n) is 7.64. The second kappa shape index (κ2) is 9.12. The van der Waals surface area contributed by atoms with E-state index in [-0.39, 0.29) is 12.2 Å². The average Bonchev–Trinajstić information content (AvgIpc) is 2.62. The maximum atomic E-state index is 12.3. The smallest absolute Gasteiger partial charge is 0.330 e. The van der Waals surface area contributed by atoms with Crippen molar-refractivity contribution in [2.75, 3.05) is 7.11 Å². The van der Waals surface area contributed by atoms with Crippen LogP contribution in [0.15, 0.2) is 59.7 Å². The molecule has 29 heavy (non-hydrogen) atoms. The van der Waals surface area contributed by atoms with Gasteiger partial charge in [0.05, 0.1) is 7.11 Å². The quantitative estimate of drug-likeness (QED) is 0.385. The Morgan fingerprint density at radius 1 is 1.24 bits per heavy atom. The molecule has 1 aliphatic carbocycles. The van der Waals surface area contributed by atoms with Crippen molar-refractivity contribution in [3.63, 3.8) is 0 Å². The fourth-order valence-electron chi connectivity index (χ4n) is 3.15. The average molecular weight is 435 g/mol. The van der Waals surface area contributed by atoms with Gasteiger partial charge in [-0.2, -0.15) is 0 Å². The summed E-state index contributed by atoms with van der Waals surface area (Å²) in [5.41, 5.74) is -0.430. The molecule has 1 N–H and O–H groups in total. The van der Waals surface area contributed by atoms with Crippen molar-refractivity contribution in [3.05, 3.63) is 75.3 Å². The molecule has 0 amide bonds. The zero-order chi connectivity index (χ0) is 21.8. The monoisotopic (exact) mass is 434 g/mol. The number of halogens is 2. The van der Waals surface area contributed by atoms with Crippen LogP contribution in [0.3, 0.4) is 0 Å². The van der Waals surface area contributed by atoms with E-state index in [1.54, 1.807) is 49.4 Å². The van der Waals surface area contributed by atoms with E-state index in [1.165, 1.54) is 19.3 Å². The Kier molecular flexibility index (Phi) is 7.28. The molecule has 1 aliphatic rings. The summed E-state index contributed by atoms with van der Waals surface area (Å²) in [6.45, 7) is 5.37. The van der Waals surface area contributed by atoms with Gasteiger partial charge in [0, 0.05) is 28.0 Å². The highest BCUT2D eigenvalue weighted by Crippen LogP contribution is 2.45. The molecule has 0 radical (unpaired) electrons. The maximum absolute atomic E-state index is 12.3. The molecule has 0 saturated carbocycles. The minimum Gasteiger partial charge on any atom is -0.466 e. The van der Waals surface area contributed by atoms with Gasteiger partial charge in [-0.1, -0.05) is 61.3 Å². The Morgan fingerprint density at radius 2 is 1.93 bits per heavy atom. The lowest BCUT2D eigenvalue weighted by Gasteiger charge is -2.44. The predicted molar refractivity (Wildman–Crippen MR) is 117 cm³/mol. The van der Waals surface area contributed by atoms with E-state index in [0.717, 1.165) is 0 Å². The highest BCUT2D eigenvalue weighted by Gasteiger charge is 2.47. The van der Waals surface area contributed by atoms with Crippen LogP contribution in [0.25, 0.3) is 6.08 Å². The second-order valence-corrected chi connectivity index (χ2v) is 8.48. The number of allylic oxidation sites excluding steroid dienone is 3. The van der Waals surface area contributed by atoms with Crippen LogP contribution >= 0.6 is 23.2 Å². The lowest BCUT2D eigenvalue weighted by Crippen LogP contribution is -2.48. The van der Waals surface area contributed by atoms with E-state index < -0.39 is 17.0 Å². The Bertz CT molecular complexity index is 938. The number of aliphatic hydroxyl groups is 1. The molecule has 0 unspecified atom stereocenters. The Morgan fingerprint density at radius 3 is 2.55 bits per heavy atom. The first-order valence-corrected chi connectivity index (χ1v) is 9.80. The molecule has 154 valence electrons. The zero-order valence-corrected chi connectivity index (χ0v) is 18.3. The normalized spacial score (nSPS) is 22.2. The Labute approximate surface area is 181 Å². The highest BCUT2D eigenvalue weighted by atomic mass is 35.5. The van der Waals surface area contributed by atoms with Crippen LogP contribution < -0.4 is 0 Å². The molecule has 1 atom stereocenters. The minimum atomic E-state index is -1.43. The number of ether oxygens (including phenoxy) is 1. The van der Waals surface area contributed by atoms with Crippen molar-refractivity contribution in [3.8, 4) is 0 Å². The first-order valence-electron chi connectivity index (χ1n) is 9.04. The standard InChI is InChI=1S/C23H24Cl2O4/c1-15(11-21(27)29-4)9-10-23(28)17(12-19(26)14-22(23,2)3)7-5-16-6-8-18(24)13-20(16)25/h5-13,28H,14H2,1-4H3/b7-5+,10-9+,15-11-/t23-/m1/s1. The molecule has 0 fully saturated rings. The van der Waals surface area contributed by atoms with Gasteiger partial charge in [-0.25, -0.2) is 4.79 Å². The van der Waals surface area contributed by atoms with Gasteiger partial charge in [0.2, 0.25) is 0 Å². The summed E-state index contributed by atoms with van der Waals surface area (Å²) in [6.07, 6.45) is 9.61. The number of esters is 1. The number of methoxy groups -OCH3 is 1. The largest absolute Gasteiger partial charge is 0.466 e. The molecule has 0 aromatic heterocycles. The van der Waals surface area contributed by atoms with Crippen molar-refractivity contribution in [1.82, 2.24) is 0 Å². The number of carbonyl (C=O) groups is 2. The number of rotatable bonds is 5. The SMILES string of the molecule is COC(=O)/C=C(C)\C=C\[C@@]1(O)C(/C=C/c2ccc(Cl)cc2Cl)=CC(=O)CC1(C)C. The van der Waals surface area contributed by atoms with Crippen molar-refractivity contribution < 1.29 is 19.4 Å². The summed E-state index contributed by atoms with van der Waals surface area (Å²) < 4.78 is 4.62. The van der Waals surface area contributed by atoms with Gasteiger partial charge in [-0.05, 0) is 47.9 Å². The van der Waals surface area contributed by atoms with Crippen molar-refractivity contribution in [2.24, 2.45) is 5.41 Å². The van der Waals surface area contributed by atoms with Crippen molar-refractivity contribution in [1.29, 1.82) is 0 Å². The summed E-state index contributed by atoms with van der Waals surface area (Å²) in [6, 6.07) is 5.10. The van der Waals surface area contributed by atoms with Gasteiger partial charge in [0.25, 0.3) is 0 Å². The Balaban J connectivity index is 2.46. The van der Waals surface area contributed by atoms with Gasteiger partial charge in [0.15, 0.2) is 5.78 Å². The van der Waals surface area contributed by atoms with E-state index >= 15 is 0 Å². The lowest BCUT2D eigenvalue weighted by atomic mass is 9.64. The van der Waals surface area contributed by atoms with Crippen molar-refractivity contribution in [2.45, 2.75) is 32.8 Å². The molecule has 0 bridgehead atoms. The highest BCUT2D eigenvalue weighted by molar-refractivity contribution is 6.35. The predicted octanol–water partition coefficient (Wildman–Crippen LogP) is 5.34. The maximum Gasteiger partial charge on any atom is 0.330 e. The molecule has 2 rings (SSSR count). The first kappa shape index (κ1) is 23.1. The molecular formula is C23H24Cl2O4. The molecule has 0 spiro atoms. The fraction of sp³-hybridized carbons (Fsp3) is 0.304. The third kappa shape index (κ3) is 5.47. The van der Waals surface area contributed by atoms with Gasteiger partial charge >= 0.3 is 5.97 Å². The zero-order valence-electron chi connectivity index (χ0n) is 16.8. The third-order valence-corrected chi connectivity index (χ3v) is 5.51. The van der Waals surface area contributed by atoms with Crippen LogP contribution in [-0.4, -0.2) is 29.6 Å². The first-order chi connectivity index (χ1) is 13.5. The molecule has 0 heterocycles. The van der Waals surface area contributed by atoms with Crippen LogP contribution in [0.5, 0.6) is 0 Å². The van der Waals surface area contributed by atoms with Crippen LogP contribution in [0.1, 0.15) is 32.8 Å². The molecular weight excluding hydrogens is 411 g/mol. The van der Waals surface area contributed by atoms with E-state index in [0.29, 0.717) is 26.8 Å². The van der Waals surface area contributed by atoms with Crippen LogP contribution in [-0.2, 0) is 14.3 Å². The van der Waals surface area contributed by atoms with Gasteiger partial charge in [-0.15, -0.1) is 0 Å². The number of benzene rings is 1. The van der Waals surface area contributed by atoms with Gasteiger partial charge in [0.1, 0.15) is 5.60 Å². The van der Waals surface area contributed by atoms with E-state index in [9.17, 15) is 14.7 Å². The summed E-state index contributed by atoms with van der Waals surface area (Å²) in [4.78, 5) is 23.7. The van der Waals surface area contributed by atoms with Crippen molar-refractivity contribution >= 4 is 41.0 Å². The van der Waals surface area contributed by atoms with Crippen LogP contribution in [0.4, 0.5) is 0 Å². The molecule has 4 nitrogen and oxygen atoms in total. The Hall–Kier alpha value is -2.14. The van der Waals surface area contributed by atoms with Gasteiger partial charge in [-0.3, -0.25) is 4.79 Å². The van der Waals surface area contributed by atoms with Gasteiger partial charge < -0.3 is 9.84 Å². The third-order valence-electron chi connectivity index (χ3n) is 4.94. The number of hydrogen-bond acceptors (Lipinski definition) is 4. The van der Waals surface area contributed by atoms with E-state index in [4.69, 9.17) is 23.2 Å². The minimum absolute atomic E-state index is 0.0725. The molecule has 1 aromatic carbocycles. The van der Waals surface area contributed by atoms with Crippen LogP contribution in [0, 0.1) is 5.41 Å². The summed E-state index contributed by atoms with van der Waals surface area (Å²) in [5, 5.41) is 12.5. The van der Waals surface area contributed by atoms with E-state index in [1.807, 2.05) is 13.8 Å². The number of carbonyl (C=O) groups excluding carboxylic acids is 2.